The highest BCUT2D eigenvalue weighted by atomic mass is 32.2. The Morgan fingerprint density at radius 3 is 2.16 bits per heavy atom. The van der Waals surface area contributed by atoms with Crippen molar-refractivity contribution >= 4 is 10.1 Å². The van der Waals surface area contributed by atoms with Crippen molar-refractivity contribution in [3.8, 4) is 0 Å². The quantitative estimate of drug-likeness (QED) is 0.482. The highest BCUT2D eigenvalue weighted by Gasteiger charge is 2.61. The molecule has 108 valence electrons. The van der Waals surface area contributed by atoms with Crippen molar-refractivity contribution in [1.82, 2.24) is 0 Å². The summed E-state index contributed by atoms with van der Waals surface area (Å²) in [6.45, 7) is 1.43. The van der Waals surface area contributed by atoms with Crippen LogP contribution in [0.1, 0.15) is 13.8 Å². The van der Waals surface area contributed by atoms with E-state index in [-0.39, 0.29) is 6.61 Å². The molecule has 1 aliphatic heterocycles. The summed E-state index contributed by atoms with van der Waals surface area (Å²) in [5, 5.41) is 0. The minimum atomic E-state index is -5.40. The van der Waals surface area contributed by atoms with Crippen molar-refractivity contribution in [2.75, 3.05) is 6.61 Å². The molecule has 0 radical (unpaired) electrons. The van der Waals surface area contributed by atoms with E-state index in [2.05, 4.69) is 0 Å². The van der Waals surface area contributed by atoms with E-state index in [9.17, 15) is 26.0 Å². The van der Waals surface area contributed by atoms with Crippen molar-refractivity contribution in [3.05, 3.63) is 23.1 Å². The molecule has 3 atom stereocenters. The largest absolute Gasteiger partial charge is 0.365 e. The van der Waals surface area contributed by atoms with Gasteiger partial charge in [0, 0.05) is 0 Å². The SMILES string of the molecule is CC1(C2=C(F)C(F)C(C)(S(=O)(=O)O)C(F)=C2F)CO1. The summed E-state index contributed by atoms with van der Waals surface area (Å²) in [6, 6.07) is 0. The molecular formula is C10H10F4O4S. The molecule has 0 aromatic heterocycles. The first-order valence-corrected chi connectivity index (χ1v) is 6.62. The Labute approximate surface area is 106 Å². The van der Waals surface area contributed by atoms with Crippen molar-refractivity contribution in [3.63, 3.8) is 0 Å². The third kappa shape index (κ3) is 1.75. The molecule has 3 unspecified atom stereocenters. The third-order valence-electron chi connectivity index (χ3n) is 3.44. The van der Waals surface area contributed by atoms with Gasteiger partial charge in [0.25, 0.3) is 10.1 Å². The maximum atomic E-state index is 13.9. The molecule has 0 aromatic rings. The molecule has 1 N–H and O–H groups in total. The number of hydrogen-bond donors (Lipinski definition) is 1. The first-order valence-electron chi connectivity index (χ1n) is 5.18. The first-order chi connectivity index (χ1) is 8.47. The van der Waals surface area contributed by atoms with E-state index in [0.717, 1.165) is 0 Å². The zero-order chi connectivity index (χ0) is 14.8. The second-order valence-electron chi connectivity index (χ2n) is 4.82. The molecule has 2 aliphatic rings. The zero-order valence-electron chi connectivity index (χ0n) is 9.88. The number of hydrogen-bond acceptors (Lipinski definition) is 3. The summed E-state index contributed by atoms with van der Waals surface area (Å²) >= 11 is 0. The van der Waals surface area contributed by atoms with Crippen molar-refractivity contribution < 1.29 is 35.3 Å². The molecule has 0 saturated carbocycles. The molecule has 0 spiro atoms. The summed E-state index contributed by atoms with van der Waals surface area (Å²) in [4.78, 5) is 0. The summed E-state index contributed by atoms with van der Waals surface area (Å²) in [6.07, 6.45) is -3.06. The Morgan fingerprint density at radius 2 is 1.79 bits per heavy atom. The van der Waals surface area contributed by atoms with Crippen molar-refractivity contribution in [2.45, 2.75) is 30.4 Å². The minimum absolute atomic E-state index is 0.147. The lowest BCUT2D eigenvalue weighted by molar-refractivity contribution is 0.221. The maximum Gasteiger partial charge on any atom is 0.280 e. The maximum absolute atomic E-state index is 13.9. The van der Waals surface area contributed by atoms with Gasteiger partial charge in [0.05, 0.1) is 12.2 Å². The van der Waals surface area contributed by atoms with Gasteiger partial charge in [0.1, 0.15) is 11.4 Å². The Morgan fingerprint density at radius 1 is 1.32 bits per heavy atom. The number of epoxide rings is 1. The number of ether oxygens (including phenoxy) is 1. The van der Waals surface area contributed by atoms with Crippen LogP contribution in [0.2, 0.25) is 0 Å². The Bertz CT molecular complexity index is 605. The van der Waals surface area contributed by atoms with Gasteiger partial charge in [-0.25, -0.2) is 17.6 Å². The summed E-state index contributed by atoms with van der Waals surface area (Å²) in [7, 11) is -5.40. The summed E-state index contributed by atoms with van der Waals surface area (Å²) in [5.74, 6) is -5.72. The molecular weight excluding hydrogens is 292 g/mol. The van der Waals surface area contributed by atoms with Crippen LogP contribution in [0, 0.1) is 0 Å². The Hall–Kier alpha value is -0.930. The second kappa shape index (κ2) is 3.80. The molecule has 1 aliphatic carbocycles. The van der Waals surface area contributed by atoms with Crippen molar-refractivity contribution in [1.29, 1.82) is 0 Å². The smallest absolute Gasteiger partial charge is 0.280 e. The van der Waals surface area contributed by atoms with E-state index in [0.29, 0.717) is 6.92 Å². The molecule has 1 heterocycles. The third-order valence-corrected chi connectivity index (χ3v) is 4.89. The Balaban J connectivity index is 2.70. The lowest BCUT2D eigenvalue weighted by atomic mass is 9.87. The predicted molar refractivity (Wildman–Crippen MR) is 56.6 cm³/mol. The van der Waals surface area contributed by atoms with Crippen LogP contribution < -0.4 is 0 Å². The normalized spacial score (nSPS) is 39.8. The summed E-state index contributed by atoms with van der Waals surface area (Å²) < 4.78 is 87.7. The number of halogens is 4. The van der Waals surface area contributed by atoms with E-state index in [1.165, 1.54) is 6.92 Å². The lowest BCUT2D eigenvalue weighted by Crippen LogP contribution is -2.48. The molecule has 0 amide bonds. The van der Waals surface area contributed by atoms with Gasteiger partial charge >= 0.3 is 0 Å². The average molecular weight is 302 g/mol. The van der Waals surface area contributed by atoms with Gasteiger partial charge < -0.3 is 4.74 Å². The number of alkyl halides is 1. The second-order valence-corrected chi connectivity index (χ2v) is 6.61. The highest BCUT2D eigenvalue weighted by Crippen LogP contribution is 2.51. The monoisotopic (exact) mass is 302 g/mol. The van der Waals surface area contributed by atoms with Crippen LogP contribution in [0.25, 0.3) is 0 Å². The van der Waals surface area contributed by atoms with Crippen LogP contribution in [0.15, 0.2) is 23.1 Å². The van der Waals surface area contributed by atoms with Gasteiger partial charge in [-0.3, -0.25) is 4.55 Å². The molecule has 19 heavy (non-hydrogen) atoms. The fourth-order valence-electron chi connectivity index (χ4n) is 1.89. The predicted octanol–water partition coefficient (Wildman–Crippen LogP) is 2.15. The van der Waals surface area contributed by atoms with Crippen LogP contribution in [-0.2, 0) is 14.9 Å². The van der Waals surface area contributed by atoms with E-state index in [1.807, 2.05) is 0 Å². The van der Waals surface area contributed by atoms with E-state index < -0.39 is 49.7 Å². The van der Waals surface area contributed by atoms with Gasteiger partial charge in [-0.2, -0.15) is 8.42 Å². The molecule has 1 fully saturated rings. The lowest BCUT2D eigenvalue weighted by Gasteiger charge is -2.32. The molecule has 1 saturated heterocycles. The topological polar surface area (TPSA) is 66.9 Å². The number of allylic oxidation sites excluding steroid dienone is 1. The van der Waals surface area contributed by atoms with Gasteiger partial charge in [0.2, 0.25) is 0 Å². The zero-order valence-corrected chi connectivity index (χ0v) is 10.7. The van der Waals surface area contributed by atoms with E-state index in [1.54, 1.807) is 0 Å². The fourth-order valence-corrected chi connectivity index (χ4v) is 2.57. The first kappa shape index (κ1) is 14.5. The minimum Gasteiger partial charge on any atom is -0.365 e. The average Bonchev–Trinajstić information content (AvgIpc) is 3.01. The van der Waals surface area contributed by atoms with E-state index >= 15 is 0 Å². The van der Waals surface area contributed by atoms with Gasteiger partial charge in [-0.1, -0.05) is 0 Å². The highest BCUT2D eigenvalue weighted by molar-refractivity contribution is 7.87. The van der Waals surface area contributed by atoms with Crippen molar-refractivity contribution in [2.24, 2.45) is 0 Å². The Kier molecular flexibility index (Phi) is 2.89. The van der Waals surface area contributed by atoms with Crippen LogP contribution in [0.4, 0.5) is 17.6 Å². The fraction of sp³-hybridized carbons (Fsp3) is 0.600. The standard InChI is InChI=1S/C10H10F4O4S/c1-9(3-18-9)4-5(11)7(13)10(2,19(15,16)17)8(14)6(4)12/h7H,3H2,1-2H3,(H,15,16,17). The molecule has 0 bridgehead atoms. The molecule has 0 aromatic carbocycles. The van der Waals surface area contributed by atoms with Gasteiger partial charge in [-0.15, -0.1) is 0 Å². The van der Waals surface area contributed by atoms with Gasteiger partial charge in [0.15, 0.2) is 22.6 Å². The number of rotatable bonds is 2. The van der Waals surface area contributed by atoms with Crippen LogP contribution in [0.5, 0.6) is 0 Å². The van der Waals surface area contributed by atoms with Crippen LogP contribution in [-0.4, -0.2) is 36.1 Å². The molecule has 9 heteroatoms. The van der Waals surface area contributed by atoms with Crippen LogP contribution in [0.3, 0.4) is 0 Å². The van der Waals surface area contributed by atoms with E-state index in [4.69, 9.17) is 9.29 Å². The van der Waals surface area contributed by atoms with Crippen LogP contribution >= 0.6 is 0 Å². The molecule has 2 rings (SSSR count). The summed E-state index contributed by atoms with van der Waals surface area (Å²) in [5.41, 5.74) is -2.50. The molecule has 4 nitrogen and oxygen atoms in total. The van der Waals surface area contributed by atoms with Gasteiger partial charge in [-0.05, 0) is 13.8 Å².